The second-order valence-electron chi connectivity index (χ2n) is 4.17. The molecule has 0 aliphatic heterocycles. The number of nitrogen functional groups attached to an aromatic ring is 1. The van der Waals surface area contributed by atoms with E-state index in [0.717, 1.165) is 25.8 Å². The maximum absolute atomic E-state index is 5.57. The summed E-state index contributed by atoms with van der Waals surface area (Å²) in [7, 11) is 0. The Morgan fingerprint density at radius 3 is 2.67 bits per heavy atom. The Hall–Kier alpha value is -2.10. The Morgan fingerprint density at radius 1 is 1.06 bits per heavy atom. The normalized spacial score (nSPS) is 10.2. The molecule has 0 amide bonds. The van der Waals surface area contributed by atoms with E-state index in [1.165, 1.54) is 5.56 Å². The van der Waals surface area contributed by atoms with Crippen molar-refractivity contribution in [3.63, 3.8) is 0 Å². The van der Waals surface area contributed by atoms with E-state index in [2.05, 4.69) is 39.6 Å². The van der Waals surface area contributed by atoms with E-state index in [0.29, 0.717) is 11.8 Å². The summed E-state index contributed by atoms with van der Waals surface area (Å²) in [5, 5.41) is 3.17. The lowest BCUT2D eigenvalue weighted by Gasteiger charge is -2.05. The Balaban J connectivity index is 1.65. The average Bonchev–Trinajstić information content (AvgIpc) is 2.40. The molecule has 0 aliphatic carbocycles. The molecule has 4 nitrogen and oxygen atoms in total. The molecule has 0 bridgehead atoms. The largest absolute Gasteiger partial charge is 0.384 e. The molecule has 0 aliphatic rings. The topological polar surface area (TPSA) is 63.8 Å². The monoisotopic (exact) mass is 242 g/mol. The van der Waals surface area contributed by atoms with E-state index >= 15 is 0 Å². The first kappa shape index (κ1) is 12.4. The highest BCUT2D eigenvalue weighted by Crippen LogP contribution is 2.05. The minimum Gasteiger partial charge on any atom is -0.384 e. The molecule has 4 heteroatoms. The Morgan fingerprint density at radius 2 is 1.89 bits per heavy atom. The van der Waals surface area contributed by atoms with Gasteiger partial charge in [0.15, 0.2) is 0 Å². The van der Waals surface area contributed by atoms with E-state index in [4.69, 9.17) is 5.73 Å². The molecule has 94 valence electrons. The van der Waals surface area contributed by atoms with Gasteiger partial charge in [0.25, 0.3) is 0 Å². The molecule has 2 rings (SSSR count). The minimum atomic E-state index is 0.497. The van der Waals surface area contributed by atoms with Crippen LogP contribution in [0.4, 0.5) is 11.8 Å². The summed E-state index contributed by atoms with van der Waals surface area (Å²) in [5.41, 5.74) is 6.96. The number of benzene rings is 1. The lowest BCUT2D eigenvalue weighted by molar-refractivity contribution is 0.759. The third-order valence-corrected chi connectivity index (χ3v) is 2.70. The zero-order valence-electron chi connectivity index (χ0n) is 10.3. The number of unbranched alkanes of at least 4 members (excludes halogenated alkanes) is 1. The van der Waals surface area contributed by atoms with E-state index in [9.17, 15) is 0 Å². The number of hydrogen-bond acceptors (Lipinski definition) is 4. The number of rotatable bonds is 6. The molecule has 0 spiro atoms. The molecule has 1 heterocycles. The standard InChI is InChI=1S/C14H18N4/c15-13-9-11-17-14(18-13)16-10-5-4-8-12-6-2-1-3-7-12/h1-3,6-7,9,11H,4-5,8,10H2,(H3,15,16,17,18). The molecule has 0 atom stereocenters. The fourth-order valence-electron chi connectivity index (χ4n) is 1.76. The van der Waals surface area contributed by atoms with Crippen molar-refractivity contribution in [2.45, 2.75) is 19.3 Å². The highest BCUT2D eigenvalue weighted by Gasteiger charge is 1.96. The molecule has 2 aromatic rings. The molecule has 1 aromatic carbocycles. The van der Waals surface area contributed by atoms with Gasteiger partial charge < -0.3 is 11.1 Å². The summed E-state index contributed by atoms with van der Waals surface area (Å²) in [6.45, 7) is 0.871. The fourth-order valence-corrected chi connectivity index (χ4v) is 1.76. The van der Waals surface area contributed by atoms with Gasteiger partial charge >= 0.3 is 0 Å². The smallest absolute Gasteiger partial charge is 0.224 e. The van der Waals surface area contributed by atoms with E-state index < -0.39 is 0 Å². The molecular weight excluding hydrogens is 224 g/mol. The number of nitrogens with zero attached hydrogens (tertiary/aromatic N) is 2. The van der Waals surface area contributed by atoms with Crippen LogP contribution in [0.2, 0.25) is 0 Å². The summed E-state index contributed by atoms with van der Waals surface area (Å²) in [5.74, 6) is 1.10. The second kappa shape index (κ2) is 6.59. The van der Waals surface area contributed by atoms with E-state index in [1.54, 1.807) is 12.3 Å². The van der Waals surface area contributed by atoms with Gasteiger partial charge in [0.1, 0.15) is 5.82 Å². The van der Waals surface area contributed by atoms with Crippen molar-refractivity contribution >= 4 is 11.8 Å². The average molecular weight is 242 g/mol. The molecular formula is C14H18N4. The summed E-state index contributed by atoms with van der Waals surface area (Å²) >= 11 is 0. The van der Waals surface area contributed by atoms with Crippen LogP contribution >= 0.6 is 0 Å². The number of nitrogens with two attached hydrogens (primary N) is 1. The third-order valence-electron chi connectivity index (χ3n) is 2.70. The van der Waals surface area contributed by atoms with Gasteiger partial charge in [-0.2, -0.15) is 4.98 Å². The van der Waals surface area contributed by atoms with Gasteiger partial charge in [-0.1, -0.05) is 30.3 Å². The van der Waals surface area contributed by atoms with Crippen LogP contribution in [-0.4, -0.2) is 16.5 Å². The first-order valence-corrected chi connectivity index (χ1v) is 6.21. The second-order valence-corrected chi connectivity index (χ2v) is 4.17. The predicted molar refractivity (Wildman–Crippen MR) is 74.3 cm³/mol. The summed E-state index contributed by atoms with van der Waals surface area (Å²) in [6, 6.07) is 12.2. The number of aromatic nitrogens is 2. The van der Waals surface area contributed by atoms with Crippen molar-refractivity contribution in [1.82, 2.24) is 9.97 Å². The number of anilines is 2. The molecule has 0 radical (unpaired) electrons. The van der Waals surface area contributed by atoms with E-state index in [1.807, 2.05) is 6.07 Å². The highest BCUT2D eigenvalue weighted by atomic mass is 15.1. The van der Waals surface area contributed by atoms with Gasteiger partial charge in [0, 0.05) is 12.7 Å². The van der Waals surface area contributed by atoms with Crippen LogP contribution in [0.25, 0.3) is 0 Å². The van der Waals surface area contributed by atoms with Gasteiger partial charge in [0.05, 0.1) is 0 Å². The van der Waals surface area contributed by atoms with Gasteiger partial charge in [-0.15, -0.1) is 0 Å². The first-order valence-electron chi connectivity index (χ1n) is 6.21. The molecule has 18 heavy (non-hydrogen) atoms. The lowest BCUT2D eigenvalue weighted by atomic mass is 10.1. The quantitative estimate of drug-likeness (QED) is 0.764. The molecule has 0 saturated heterocycles. The number of nitrogens with one attached hydrogen (secondary N) is 1. The zero-order chi connectivity index (χ0) is 12.6. The van der Waals surface area contributed by atoms with Crippen molar-refractivity contribution in [3.8, 4) is 0 Å². The van der Waals surface area contributed by atoms with Crippen molar-refractivity contribution in [2.75, 3.05) is 17.6 Å². The van der Waals surface area contributed by atoms with Crippen molar-refractivity contribution < 1.29 is 0 Å². The zero-order valence-corrected chi connectivity index (χ0v) is 10.3. The summed E-state index contributed by atoms with van der Waals surface area (Å²) < 4.78 is 0. The van der Waals surface area contributed by atoms with Crippen LogP contribution in [0.5, 0.6) is 0 Å². The Kier molecular flexibility index (Phi) is 4.53. The SMILES string of the molecule is Nc1ccnc(NCCCCc2ccccc2)n1. The first-order chi connectivity index (χ1) is 8.84. The Labute approximate surface area is 107 Å². The van der Waals surface area contributed by atoms with Gasteiger partial charge in [-0.3, -0.25) is 0 Å². The molecule has 3 N–H and O–H groups in total. The lowest BCUT2D eigenvalue weighted by Crippen LogP contribution is -2.06. The van der Waals surface area contributed by atoms with Crippen LogP contribution in [0, 0.1) is 0 Å². The molecule has 0 unspecified atom stereocenters. The summed E-state index contributed by atoms with van der Waals surface area (Å²) in [4.78, 5) is 8.18. The van der Waals surface area contributed by atoms with Crippen molar-refractivity contribution in [2.24, 2.45) is 0 Å². The van der Waals surface area contributed by atoms with Gasteiger partial charge in [-0.05, 0) is 30.9 Å². The highest BCUT2D eigenvalue weighted by molar-refractivity contribution is 5.34. The van der Waals surface area contributed by atoms with Crippen molar-refractivity contribution in [3.05, 3.63) is 48.2 Å². The predicted octanol–water partition coefficient (Wildman–Crippen LogP) is 2.49. The van der Waals surface area contributed by atoms with Crippen LogP contribution in [0.3, 0.4) is 0 Å². The maximum Gasteiger partial charge on any atom is 0.224 e. The van der Waals surface area contributed by atoms with Gasteiger partial charge in [0.2, 0.25) is 5.95 Å². The fraction of sp³-hybridized carbons (Fsp3) is 0.286. The molecule has 0 fully saturated rings. The number of aryl methyl sites for hydroxylation is 1. The van der Waals surface area contributed by atoms with E-state index in [-0.39, 0.29) is 0 Å². The molecule has 0 saturated carbocycles. The third kappa shape index (κ3) is 4.05. The Bertz CT molecular complexity index is 470. The van der Waals surface area contributed by atoms with Crippen LogP contribution in [0.1, 0.15) is 18.4 Å². The number of hydrogen-bond donors (Lipinski definition) is 2. The van der Waals surface area contributed by atoms with Crippen LogP contribution < -0.4 is 11.1 Å². The summed E-state index contributed by atoms with van der Waals surface area (Å²) in [6.07, 6.45) is 5.02. The van der Waals surface area contributed by atoms with Crippen LogP contribution in [0.15, 0.2) is 42.6 Å². The van der Waals surface area contributed by atoms with Gasteiger partial charge in [-0.25, -0.2) is 4.98 Å². The minimum absolute atomic E-state index is 0.497. The maximum atomic E-state index is 5.57. The van der Waals surface area contributed by atoms with Crippen LogP contribution in [-0.2, 0) is 6.42 Å². The van der Waals surface area contributed by atoms with Crippen molar-refractivity contribution in [1.29, 1.82) is 0 Å². The molecule has 1 aromatic heterocycles.